The van der Waals surface area contributed by atoms with Crippen molar-refractivity contribution in [1.82, 2.24) is 4.72 Å². The molecule has 1 unspecified atom stereocenters. The van der Waals surface area contributed by atoms with Crippen LogP contribution in [0.4, 0.5) is 26.3 Å². The smallest absolute Gasteiger partial charge is 0.359 e. The molecule has 0 heterocycles. The molecular weight excluding hydrogens is 508 g/mol. The predicted molar refractivity (Wildman–Crippen MR) is 122 cm³/mol. The van der Waals surface area contributed by atoms with Crippen molar-refractivity contribution in [2.24, 2.45) is 0 Å². The van der Waals surface area contributed by atoms with E-state index in [2.05, 4.69) is 4.72 Å². The largest absolute Gasteiger partial charge is 0.416 e. The second-order valence-corrected chi connectivity index (χ2v) is 10.1. The number of alkyl halides is 6. The highest BCUT2D eigenvalue weighted by Gasteiger charge is 2.43. The maximum atomic E-state index is 13.4. The number of ether oxygens (including phenoxy) is 1. The molecule has 194 valence electrons. The lowest BCUT2D eigenvalue weighted by atomic mass is 9.80. The maximum Gasteiger partial charge on any atom is 0.416 e. The third-order valence-electron chi connectivity index (χ3n) is 5.52. The second kappa shape index (κ2) is 10.2. The fraction of sp³-hybridized carbons (Fsp3) is 0.280. The van der Waals surface area contributed by atoms with Crippen LogP contribution in [0.25, 0.3) is 0 Å². The zero-order valence-electron chi connectivity index (χ0n) is 19.2. The Balaban J connectivity index is 2.18. The Morgan fingerprint density at radius 3 is 1.53 bits per heavy atom. The lowest BCUT2D eigenvalue weighted by Crippen LogP contribution is -2.51. The fourth-order valence-corrected chi connectivity index (χ4v) is 4.84. The average molecular weight is 532 g/mol. The number of halogens is 6. The van der Waals surface area contributed by atoms with Gasteiger partial charge in [0.25, 0.3) is 0 Å². The normalized spacial score (nSPS) is 14.0. The molecule has 0 aliphatic heterocycles. The molecule has 0 fully saturated rings. The molecule has 3 aromatic rings. The molecule has 0 radical (unpaired) electrons. The molecule has 4 nitrogen and oxygen atoms in total. The van der Waals surface area contributed by atoms with Gasteiger partial charge < -0.3 is 4.74 Å². The third kappa shape index (κ3) is 6.45. The van der Waals surface area contributed by atoms with E-state index in [1.165, 1.54) is 6.92 Å². The number of benzene rings is 3. The summed E-state index contributed by atoms with van der Waals surface area (Å²) in [5.74, 6) is 0. The molecule has 0 aliphatic rings. The summed E-state index contributed by atoms with van der Waals surface area (Å²) >= 11 is 0. The van der Waals surface area contributed by atoms with Gasteiger partial charge in [-0.25, -0.2) is 13.1 Å². The van der Waals surface area contributed by atoms with Gasteiger partial charge in [-0.05, 0) is 41.8 Å². The monoisotopic (exact) mass is 531 g/mol. The molecule has 0 aromatic heterocycles. The molecule has 0 saturated heterocycles. The summed E-state index contributed by atoms with van der Waals surface area (Å²) in [7, 11) is -3.79. The van der Waals surface area contributed by atoms with E-state index < -0.39 is 51.8 Å². The molecule has 1 atom stereocenters. The van der Waals surface area contributed by atoms with E-state index in [0.717, 1.165) is 6.26 Å². The van der Waals surface area contributed by atoms with E-state index in [-0.39, 0.29) is 11.6 Å². The Morgan fingerprint density at radius 1 is 0.750 bits per heavy atom. The lowest BCUT2D eigenvalue weighted by Gasteiger charge is -2.40. The SMILES string of the molecule is CC(NS(C)(=O)=O)C(OCc1cc(C(F)(F)F)cc(C(F)(F)F)c1)(c1ccccc1)c1ccccc1. The molecule has 36 heavy (non-hydrogen) atoms. The van der Waals surface area contributed by atoms with Crippen LogP contribution >= 0.6 is 0 Å². The summed E-state index contributed by atoms with van der Waals surface area (Å²) in [6.45, 7) is 0.834. The van der Waals surface area contributed by atoms with Crippen LogP contribution in [0.2, 0.25) is 0 Å². The van der Waals surface area contributed by atoms with Crippen molar-refractivity contribution in [3.63, 3.8) is 0 Å². The van der Waals surface area contributed by atoms with Gasteiger partial charge in [-0.1, -0.05) is 60.7 Å². The van der Waals surface area contributed by atoms with Gasteiger partial charge in [0.2, 0.25) is 10.0 Å². The van der Waals surface area contributed by atoms with Crippen molar-refractivity contribution in [3.8, 4) is 0 Å². The maximum absolute atomic E-state index is 13.4. The number of sulfonamides is 1. The topological polar surface area (TPSA) is 55.4 Å². The quantitative estimate of drug-likeness (QED) is 0.356. The predicted octanol–water partition coefficient (Wildman–Crippen LogP) is 6.12. The van der Waals surface area contributed by atoms with Crippen molar-refractivity contribution in [1.29, 1.82) is 0 Å². The number of hydrogen-bond donors (Lipinski definition) is 1. The molecule has 1 N–H and O–H groups in total. The molecule has 3 aromatic carbocycles. The minimum atomic E-state index is -5.02. The van der Waals surface area contributed by atoms with Crippen LogP contribution in [0.1, 0.15) is 34.7 Å². The van der Waals surface area contributed by atoms with Gasteiger partial charge >= 0.3 is 12.4 Å². The minimum Gasteiger partial charge on any atom is -0.359 e. The Hall–Kier alpha value is -2.89. The highest BCUT2D eigenvalue weighted by molar-refractivity contribution is 7.88. The Morgan fingerprint density at radius 2 is 1.17 bits per heavy atom. The van der Waals surface area contributed by atoms with Crippen molar-refractivity contribution in [2.45, 2.75) is 37.5 Å². The number of nitrogens with one attached hydrogen (secondary N) is 1. The second-order valence-electron chi connectivity index (χ2n) is 8.28. The van der Waals surface area contributed by atoms with E-state index in [4.69, 9.17) is 4.74 Å². The first-order valence-electron chi connectivity index (χ1n) is 10.6. The van der Waals surface area contributed by atoms with Crippen LogP contribution < -0.4 is 4.72 Å². The summed E-state index contributed by atoms with van der Waals surface area (Å²) in [6, 6.07) is 16.8. The summed E-state index contributed by atoms with van der Waals surface area (Å²) in [4.78, 5) is 0. The average Bonchev–Trinajstić information content (AvgIpc) is 2.78. The van der Waals surface area contributed by atoms with Crippen molar-refractivity contribution < 1.29 is 39.5 Å². The Bertz CT molecular complexity index is 1200. The zero-order valence-corrected chi connectivity index (χ0v) is 20.0. The van der Waals surface area contributed by atoms with Crippen molar-refractivity contribution >= 4 is 10.0 Å². The van der Waals surface area contributed by atoms with E-state index in [1.807, 2.05) is 0 Å². The Labute approximate surface area is 205 Å². The van der Waals surface area contributed by atoms with Crippen molar-refractivity contribution in [2.75, 3.05) is 6.26 Å². The first-order chi connectivity index (χ1) is 16.6. The van der Waals surface area contributed by atoms with Gasteiger partial charge in [0.15, 0.2) is 0 Å². The van der Waals surface area contributed by atoms with Gasteiger partial charge in [-0.2, -0.15) is 26.3 Å². The lowest BCUT2D eigenvalue weighted by molar-refractivity contribution is -0.143. The molecule has 11 heteroatoms. The molecule has 0 spiro atoms. The van der Waals surface area contributed by atoms with E-state index >= 15 is 0 Å². The highest BCUT2D eigenvalue weighted by atomic mass is 32.2. The molecule has 3 rings (SSSR count). The summed E-state index contributed by atoms with van der Waals surface area (Å²) in [5, 5.41) is 0. The van der Waals surface area contributed by atoms with Gasteiger partial charge in [0, 0.05) is 0 Å². The first kappa shape index (κ1) is 27.7. The third-order valence-corrected chi connectivity index (χ3v) is 6.30. The minimum absolute atomic E-state index is 0.0407. The summed E-state index contributed by atoms with van der Waals surface area (Å²) < 4.78 is 113. The van der Waals surface area contributed by atoms with E-state index in [1.54, 1.807) is 60.7 Å². The van der Waals surface area contributed by atoms with Crippen molar-refractivity contribution in [3.05, 3.63) is 107 Å². The molecule has 0 amide bonds. The Kier molecular flexibility index (Phi) is 7.87. The van der Waals surface area contributed by atoms with Crippen LogP contribution in [-0.4, -0.2) is 20.7 Å². The van der Waals surface area contributed by atoms with E-state index in [9.17, 15) is 34.8 Å². The molecule has 0 bridgehead atoms. The van der Waals surface area contributed by atoms with Crippen LogP contribution in [-0.2, 0) is 39.3 Å². The summed E-state index contributed by atoms with van der Waals surface area (Å²) in [5.41, 5.74) is -4.02. The van der Waals surface area contributed by atoms with Gasteiger partial charge in [-0.3, -0.25) is 0 Å². The van der Waals surface area contributed by atoms with Crippen LogP contribution in [0.15, 0.2) is 78.9 Å². The highest BCUT2D eigenvalue weighted by Crippen LogP contribution is 2.40. The molecular formula is C25H23F6NO3S. The molecule has 0 aliphatic carbocycles. The first-order valence-corrected chi connectivity index (χ1v) is 12.5. The number of hydrogen-bond acceptors (Lipinski definition) is 3. The standard InChI is InChI=1S/C25H23F6NO3S/c1-17(32-36(2,33)34)23(19-9-5-3-6-10-19,20-11-7-4-8-12-20)35-16-18-13-21(24(26,27)28)15-22(14-18)25(29,30)31/h3-15,17,32H,16H2,1-2H3. The van der Waals surface area contributed by atoms with Gasteiger partial charge in [0.05, 0.1) is 30.0 Å². The van der Waals surface area contributed by atoms with Crippen LogP contribution in [0, 0.1) is 0 Å². The zero-order chi connectivity index (χ0) is 26.8. The molecule has 0 saturated carbocycles. The fourth-order valence-electron chi connectivity index (χ4n) is 4.03. The van der Waals surface area contributed by atoms with Crippen LogP contribution in [0.3, 0.4) is 0 Å². The summed E-state index contributed by atoms with van der Waals surface area (Å²) in [6.07, 6.45) is -9.10. The van der Waals surface area contributed by atoms with E-state index in [0.29, 0.717) is 23.3 Å². The van der Waals surface area contributed by atoms with Crippen LogP contribution in [0.5, 0.6) is 0 Å². The van der Waals surface area contributed by atoms with Gasteiger partial charge in [0.1, 0.15) is 5.60 Å². The van der Waals surface area contributed by atoms with Gasteiger partial charge in [-0.15, -0.1) is 0 Å². The number of rotatable bonds is 8.